The molecule has 19 heavy (non-hydrogen) atoms. The van der Waals surface area contributed by atoms with Crippen LogP contribution in [0.4, 0.5) is 0 Å². The van der Waals surface area contributed by atoms with E-state index in [1.807, 2.05) is 6.08 Å². The van der Waals surface area contributed by atoms with E-state index in [-0.39, 0.29) is 24.0 Å². The van der Waals surface area contributed by atoms with E-state index >= 15 is 0 Å². The van der Waals surface area contributed by atoms with Crippen LogP contribution in [0.3, 0.4) is 0 Å². The van der Waals surface area contributed by atoms with Crippen molar-refractivity contribution in [2.24, 2.45) is 11.8 Å². The summed E-state index contributed by atoms with van der Waals surface area (Å²) in [6, 6.07) is 0. The Bertz CT molecular complexity index is 580. The number of hydrogen-bond donors (Lipinski definition) is 4. The fourth-order valence-corrected chi connectivity index (χ4v) is 3.12. The molecule has 3 rings (SSSR count). The number of aromatic nitrogens is 2. The third-order valence-corrected chi connectivity index (χ3v) is 4.18. The molecule has 1 fully saturated rings. The summed E-state index contributed by atoms with van der Waals surface area (Å²) in [4.78, 5) is 18.4. The van der Waals surface area contributed by atoms with Gasteiger partial charge in [-0.25, -0.2) is 4.98 Å². The van der Waals surface area contributed by atoms with Gasteiger partial charge < -0.3 is 20.3 Å². The lowest BCUT2D eigenvalue weighted by molar-refractivity contribution is 0.000273. The molecule has 1 aromatic heterocycles. The number of nitrogens with zero attached hydrogens (tertiary/aromatic N) is 1. The second-order valence-corrected chi connectivity index (χ2v) is 5.19. The minimum absolute atomic E-state index is 0.155. The number of rotatable bonds is 2. The van der Waals surface area contributed by atoms with Crippen molar-refractivity contribution in [3.05, 3.63) is 34.0 Å². The van der Waals surface area contributed by atoms with Gasteiger partial charge in [0.2, 0.25) is 0 Å². The van der Waals surface area contributed by atoms with E-state index in [1.165, 1.54) is 6.33 Å². The first-order chi connectivity index (χ1) is 9.13. The summed E-state index contributed by atoms with van der Waals surface area (Å²) in [7, 11) is 0. The molecule has 0 bridgehead atoms. The molecule has 6 heteroatoms. The normalized spacial score (nSPS) is 33.3. The number of allylic oxidation sites excluding steroid dienone is 1. The first-order valence-corrected chi connectivity index (χ1v) is 6.37. The Balaban J connectivity index is 1.95. The van der Waals surface area contributed by atoms with Crippen molar-refractivity contribution in [1.29, 1.82) is 0 Å². The molecule has 1 heterocycles. The molecule has 0 aliphatic heterocycles. The molecule has 0 radical (unpaired) electrons. The van der Waals surface area contributed by atoms with Crippen molar-refractivity contribution in [2.45, 2.75) is 25.0 Å². The van der Waals surface area contributed by atoms with Gasteiger partial charge in [0.1, 0.15) is 0 Å². The fraction of sp³-hybridized carbons (Fsp3) is 0.538. The highest BCUT2D eigenvalue weighted by atomic mass is 16.3. The lowest BCUT2D eigenvalue weighted by atomic mass is 9.93. The van der Waals surface area contributed by atoms with Crippen molar-refractivity contribution in [2.75, 3.05) is 6.61 Å². The highest BCUT2D eigenvalue weighted by molar-refractivity contribution is 5.72. The summed E-state index contributed by atoms with van der Waals surface area (Å²) in [6.07, 6.45) is 2.38. The van der Waals surface area contributed by atoms with Crippen LogP contribution in [0, 0.1) is 11.8 Å². The lowest BCUT2D eigenvalue weighted by Gasteiger charge is -2.18. The van der Waals surface area contributed by atoms with Crippen LogP contribution in [0.2, 0.25) is 0 Å². The van der Waals surface area contributed by atoms with E-state index in [0.717, 1.165) is 5.57 Å². The van der Waals surface area contributed by atoms with E-state index < -0.39 is 12.2 Å². The van der Waals surface area contributed by atoms with Gasteiger partial charge in [0.05, 0.1) is 24.2 Å². The smallest absolute Gasteiger partial charge is 0.254 e. The first-order valence-electron chi connectivity index (χ1n) is 6.37. The first kappa shape index (κ1) is 12.5. The zero-order valence-electron chi connectivity index (χ0n) is 10.3. The zero-order chi connectivity index (χ0) is 13.6. The van der Waals surface area contributed by atoms with E-state index in [4.69, 9.17) is 0 Å². The Kier molecular flexibility index (Phi) is 3.00. The number of nitrogens with one attached hydrogen (secondary N) is 1. The predicted octanol–water partition coefficient (Wildman–Crippen LogP) is -0.940. The Morgan fingerprint density at radius 3 is 2.84 bits per heavy atom. The van der Waals surface area contributed by atoms with Crippen LogP contribution >= 0.6 is 0 Å². The average Bonchev–Trinajstić information content (AvgIpc) is 2.94. The predicted molar refractivity (Wildman–Crippen MR) is 67.2 cm³/mol. The molecule has 4 atom stereocenters. The largest absolute Gasteiger partial charge is 0.396 e. The van der Waals surface area contributed by atoms with E-state index in [0.29, 0.717) is 24.1 Å². The minimum atomic E-state index is -0.929. The quantitative estimate of drug-likeness (QED) is 0.551. The summed E-state index contributed by atoms with van der Waals surface area (Å²) >= 11 is 0. The van der Waals surface area contributed by atoms with Crippen molar-refractivity contribution < 1.29 is 15.3 Å². The number of aliphatic hydroxyl groups is 3. The highest BCUT2D eigenvalue weighted by Crippen LogP contribution is 2.42. The molecular weight excluding hydrogens is 248 g/mol. The Morgan fingerprint density at radius 1 is 1.37 bits per heavy atom. The Hall–Kier alpha value is -1.50. The highest BCUT2D eigenvalue weighted by Gasteiger charge is 2.44. The fourth-order valence-electron chi connectivity index (χ4n) is 3.12. The molecular formula is C13H16N2O4. The Labute approximate surface area is 109 Å². The van der Waals surface area contributed by atoms with Crippen molar-refractivity contribution >= 4 is 5.57 Å². The van der Waals surface area contributed by atoms with E-state index in [2.05, 4.69) is 9.97 Å². The van der Waals surface area contributed by atoms with Gasteiger partial charge >= 0.3 is 0 Å². The van der Waals surface area contributed by atoms with Gasteiger partial charge in [-0.3, -0.25) is 4.79 Å². The van der Waals surface area contributed by atoms with E-state index in [9.17, 15) is 20.1 Å². The van der Waals surface area contributed by atoms with Crippen molar-refractivity contribution in [3.63, 3.8) is 0 Å². The third-order valence-electron chi connectivity index (χ3n) is 4.18. The monoisotopic (exact) mass is 264 g/mol. The molecule has 0 spiro atoms. The zero-order valence-corrected chi connectivity index (χ0v) is 10.3. The van der Waals surface area contributed by atoms with Gasteiger partial charge in [-0.05, 0) is 18.4 Å². The lowest BCUT2D eigenvalue weighted by Crippen LogP contribution is -2.29. The van der Waals surface area contributed by atoms with Crippen LogP contribution < -0.4 is 5.56 Å². The summed E-state index contributed by atoms with van der Waals surface area (Å²) in [6.45, 7) is -0.155. The third kappa shape index (κ3) is 1.83. The number of aromatic amines is 1. The van der Waals surface area contributed by atoms with Crippen LogP contribution in [-0.2, 0) is 6.42 Å². The molecule has 6 nitrogen and oxygen atoms in total. The molecule has 4 N–H and O–H groups in total. The maximum absolute atomic E-state index is 11.7. The average molecular weight is 264 g/mol. The van der Waals surface area contributed by atoms with Gasteiger partial charge in [-0.15, -0.1) is 0 Å². The van der Waals surface area contributed by atoms with Crippen molar-refractivity contribution in [1.82, 2.24) is 9.97 Å². The van der Waals surface area contributed by atoms with Crippen LogP contribution in [0.25, 0.3) is 5.57 Å². The summed E-state index contributed by atoms with van der Waals surface area (Å²) in [5, 5.41) is 29.2. The topological polar surface area (TPSA) is 106 Å². The SMILES string of the molecule is O=c1[nH]cnc2c1CC=C2[C@@H]1C[C@H](CO)[C@H](O)[C@H]1O. The van der Waals surface area contributed by atoms with E-state index in [1.54, 1.807) is 0 Å². The van der Waals surface area contributed by atoms with Crippen LogP contribution in [0.1, 0.15) is 17.7 Å². The molecule has 0 saturated heterocycles. The molecule has 0 aromatic carbocycles. The van der Waals surface area contributed by atoms with Crippen molar-refractivity contribution in [3.8, 4) is 0 Å². The number of H-pyrrole nitrogens is 1. The summed E-state index contributed by atoms with van der Waals surface area (Å²) in [5.74, 6) is -0.602. The minimum Gasteiger partial charge on any atom is -0.396 e. The molecule has 2 aliphatic carbocycles. The maximum atomic E-state index is 11.7. The number of aliphatic hydroxyl groups excluding tert-OH is 3. The van der Waals surface area contributed by atoms with Gasteiger partial charge in [-0.2, -0.15) is 0 Å². The molecule has 0 amide bonds. The summed E-state index contributed by atoms with van der Waals surface area (Å²) in [5.41, 5.74) is 1.86. The number of hydrogen-bond acceptors (Lipinski definition) is 5. The second-order valence-electron chi connectivity index (χ2n) is 5.19. The molecule has 1 saturated carbocycles. The molecule has 102 valence electrons. The van der Waals surface area contributed by atoms with Crippen LogP contribution in [-0.4, -0.2) is 44.1 Å². The van der Waals surface area contributed by atoms with Crippen LogP contribution in [0.15, 0.2) is 17.2 Å². The molecule has 1 aromatic rings. The van der Waals surface area contributed by atoms with Gasteiger partial charge in [-0.1, -0.05) is 6.08 Å². The van der Waals surface area contributed by atoms with Gasteiger partial charge in [0, 0.05) is 24.0 Å². The van der Waals surface area contributed by atoms with Gasteiger partial charge in [0.15, 0.2) is 0 Å². The second kappa shape index (κ2) is 4.56. The van der Waals surface area contributed by atoms with Crippen LogP contribution in [0.5, 0.6) is 0 Å². The maximum Gasteiger partial charge on any atom is 0.254 e. The molecule has 0 unspecified atom stereocenters. The molecule has 2 aliphatic rings. The number of fused-ring (bicyclic) bond motifs is 1. The Morgan fingerprint density at radius 2 is 2.16 bits per heavy atom. The standard InChI is InChI=1S/C13H16N2O4/c16-4-6-3-9(12(18)11(6)17)7-1-2-8-10(7)14-5-15-13(8)19/h1,5-6,9,11-12,16-18H,2-4H2,(H,14,15,19)/t6-,9+,11+,12+/m1/s1. The summed E-state index contributed by atoms with van der Waals surface area (Å²) < 4.78 is 0. The van der Waals surface area contributed by atoms with Gasteiger partial charge in [0.25, 0.3) is 5.56 Å².